The van der Waals surface area contributed by atoms with E-state index in [1.165, 1.54) is 0 Å². The van der Waals surface area contributed by atoms with Gasteiger partial charge < -0.3 is 24.5 Å². The molecule has 7 nitrogen and oxygen atoms in total. The number of para-hydroxylation sites is 4. The third-order valence-electron chi connectivity index (χ3n) is 6.01. The van der Waals surface area contributed by atoms with Crippen LogP contribution in [0.25, 0.3) is 0 Å². The van der Waals surface area contributed by atoms with Crippen LogP contribution in [-0.4, -0.2) is 86.8 Å². The molecule has 1 N–H and O–H groups in total. The Bertz CT molecular complexity index is 859. The lowest BCUT2D eigenvalue weighted by Crippen LogP contribution is -2.54. The van der Waals surface area contributed by atoms with Crippen LogP contribution in [0, 0.1) is 0 Å². The molecule has 0 unspecified atom stereocenters. The molecule has 4 rings (SSSR count). The summed E-state index contributed by atoms with van der Waals surface area (Å²) in [6.45, 7) is 6.81. The number of piperazine rings is 2. The van der Waals surface area contributed by atoms with Crippen molar-refractivity contribution in [1.29, 1.82) is 0 Å². The van der Waals surface area contributed by atoms with Crippen molar-refractivity contribution >= 4 is 17.3 Å². The number of ether oxygens (including phenoxy) is 1. The second-order valence-electron chi connectivity index (χ2n) is 7.79. The molecule has 0 radical (unpaired) electrons. The molecule has 1 amide bonds. The van der Waals surface area contributed by atoms with Crippen LogP contribution in [0.15, 0.2) is 48.5 Å². The van der Waals surface area contributed by atoms with Gasteiger partial charge in [0.15, 0.2) is 0 Å². The summed E-state index contributed by atoms with van der Waals surface area (Å²) in [6, 6.07) is 15.5. The van der Waals surface area contributed by atoms with Gasteiger partial charge in [0.1, 0.15) is 11.5 Å². The Balaban J connectivity index is 1.25. The van der Waals surface area contributed by atoms with E-state index >= 15 is 0 Å². The molecule has 0 bridgehead atoms. The van der Waals surface area contributed by atoms with Crippen LogP contribution >= 0.6 is 0 Å². The molecule has 2 aliphatic heterocycles. The molecule has 0 atom stereocenters. The van der Waals surface area contributed by atoms with Gasteiger partial charge in [-0.05, 0) is 24.3 Å². The second kappa shape index (κ2) is 9.26. The number of hydrogen-bond acceptors (Lipinski definition) is 6. The van der Waals surface area contributed by atoms with Crippen molar-refractivity contribution in [1.82, 2.24) is 9.80 Å². The zero-order valence-electron chi connectivity index (χ0n) is 17.5. The highest BCUT2D eigenvalue weighted by Crippen LogP contribution is 2.29. The number of phenols is 1. The summed E-state index contributed by atoms with van der Waals surface area (Å²) in [5.74, 6) is 1.39. The summed E-state index contributed by atoms with van der Waals surface area (Å²) in [4.78, 5) is 21.5. The van der Waals surface area contributed by atoms with Crippen molar-refractivity contribution in [2.24, 2.45) is 0 Å². The van der Waals surface area contributed by atoms with Crippen LogP contribution in [-0.2, 0) is 4.79 Å². The summed E-state index contributed by atoms with van der Waals surface area (Å²) in [7, 11) is 1.69. The van der Waals surface area contributed by atoms with E-state index in [-0.39, 0.29) is 5.91 Å². The smallest absolute Gasteiger partial charge is 0.236 e. The first-order chi connectivity index (χ1) is 14.7. The van der Waals surface area contributed by atoms with Crippen LogP contribution in [0.3, 0.4) is 0 Å². The summed E-state index contributed by atoms with van der Waals surface area (Å²) in [6.07, 6.45) is 0. The predicted molar refractivity (Wildman–Crippen MR) is 119 cm³/mol. The summed E-state index contributed by atoms with van der Waals surface area (Å²) in [5, 5.41) is 10.1. The first kappa shape index (κ1) is 20.3. The molecule has 0 aromatic heterocycles. The average Bonchev–Trinajstić information content (AvgIpc) is 2.80. The van der Waals surface area contributed by atoms with Gasteiger partial charge in [0.2, 0.25) is 5.91 Å². The molecule has 30 heavy (non-hydrogen) atoms. The number of methoxy groups -OCH3 is 1. The van der Waals surface area contributed by atoms with Crippen LogP contribution in [0.2, 0.25) is 0 Å². The lowest BCUT2D eigenvalue weighted by molar-refractivity contribution is -0.132. The minimum absolute atomic E-state index is 0.200. The highest BCUT2D eigenvalue weighted by Gasteiger charge is 2.26. The number of nitrogens with zero attached hydrogens (tertiary/aromatic N) is 4. The fourth-order valence-corrected chi connectivity index (χ4v) is 4.26. The van der Waals surface area contributed by atoms with Crippen molar-refractivity contribution in [3.8, 4) is 11.5 Å². The molecule has 0 aliphatic carbocycles. The second-order valence-corrected chi connectivity index (χ2v) is 7.79. The largest absolute Gasteiger partial charge is 0.506 e. The number of carbonyl (C=O) groups is 1. The number of hydrogen-bond donors (Lipinski definition) is 1. The number of anilines is 2. The standard InChI is InChI=1S/C23H30N4O3/c1-30-22-9-5-3-7-20(22)26-14-16-27(17-15-26)23(29)18-24-10-12-25(13-11-24)19-6-2-4-8-21(19)28/h2-9,28H,10-18H2,1H3. The van der Waals surface area contributed by atoms with E-state index in [9.17, 15) is 9.90 Å². The molecule has 0 saturated carbocycles. The SMILES string of the molecule is COc1ccccc1N1CCN(C(=O)CN2CCN(c3ccccc3O)CC2)CC1. The highest BCUT2D eigenvalue weighted by atomic mass is 16.5. The van der Waals surface area contributed by atoms with Gasteiger partial charge in [-0.3, -0.25) is 9.69 Å². The predicted octanol–water partition coefficient (Wildman–Crippen LogP) is 1.87. The number of amides is 1. The first-order valence-electron chi connectivity index (χ1n) is 10.6. The lowest BCUT2D eigenvalue weighted by atomic mass is 10.2. The van der Waals surface area contributed by atoms with E-state index in [1.54, 1.807) is 13.2 Å². The molecule has 2 aromatic rings. The molecule has 2 saturated heterocycles. The van der Waals surface area contributed by atoms with E-state index in [4.69, 9.17) is 4.74 Å². The van der Waals surface area contributed by atoms with Crippen LogP contribution in [0.4, 0.5) is 11.4 Å². The number of carbonyl (C=O) groups excluding carboxylic acids is 1. The minimum Gasteiger partial charge on any atom is -0.506 e. The summed E-state index contributed by atoms with van der Waals surface area (Å²) < 4.78 is 5.47. The van der Waals surface area contributed by atoms with Gasteiger partial charge in [0, 0.05) is 52.4 Å². The Labute approximate surface area is 178 Å². The Morgan fingerprint density at radius 1 is 0.833 bits per heavy atom. The van der Waals surface area contributed by atoms with Crippen molar-refractivity contribution < 1.29 is 14.6 Å². The number of aromatic hydroxyl groups is 1. The third kappa shape index (κ3) is 4.46. The quantitative estimate of drug-likeness (QED) is 0.812. The van der Waals surface area contributed by atoms with E-state index < -0.39 is 0 Å². The van der Waals surface area contributed by atoms with Crippen LogP contribution in [0.1, 0.15) is 0 Å². The zero-order chi connectivity index (χ0) is 20.9. The molecule has 160 valence electrons. The molecule has 2 aliphatic rings. The Kier molecular flexibility index (Phi) is 6.28. The van der Waals surface area contributed by atoms with Gasteiger partial charge in [-0.2, -0.15) is 0 Å². The van der Waals surface area contributed by atoms with Crippen molar-refractivity contribution in [3.05, 3.63) is 48.5 Å². The van der Waals surface area contributed by atoms with Gasteiger partial charge in [-0.25, -0.2) is 0 Å². The van der Waals surface area contributed by atoms with Gasteiger partial charge in [0.25, 0.3) is 0 Å². The van der Waals surface area contributed by atoms with E-state index in [0.29, 0.717) is 12.3 Å². The minimum atomic E-state index is 0.200. The van der Waals surface area contributed by atoms with E-state index in [1.807, 2.05) is 41.3 Å². The fourth-order valence-electron chi connectivity index (χ4n) is 4.26. The zero-order valence-corrected chi connectivity index (χ0v) is 17.5. The highest BCUT2D eigenvalue weighted by molar-refractivity contribution is 5.78. The summed E-state index contributed by atoms with van der Waals surface area (Å²) >= 11 is 0. The van der Waals surface area contributed by atoms with Crippen LogP contribution in [0.5, 0.6) is 11.5 Å². The monoisotopic (exact) mass is 410 g/mol. The van der Waals surface area contributed by atoms with Gasteiger partial charge in [0.05, 0.1) is 25.0 Å². The van der Waals surface area contributed by atoms with Gasteiger partial charge >= 0.3 is 0 Å². The molecule has 0 spiro atoms. The maximum Gasteiger partial charge on any atom is 0.236 e. The number of benzene rings is 2. The Hall–Kier alpha value is -2.93. The van der Waals surface area contributed by atoms with Crippen molar-refractivity contribution in [2.45, 2.75) is 0 Å². The number of rotatable bonds is 5. The van der Waals surface area contributed by atoms with Gasteiger partial charge in [-0.15, -0.1) is 0 Å². The van der Waals surface area contributed by atoms with Crippen molar-refractivity contribution in [2.75, 3.05) is 75.8 Å². The molecule has 2 aromatic carbocycles. The topological polar surface area (TPSA) is 59.5 Å². The molecule has 7 heteroatoms. The fraction of sp³-hybridized carbons (Fsp3) is 0.435. The van der Waals surface area contributed by atoms with Gasteiger partial charge in [-0.1, -0.05) is 24.3 Å². The Morgan fingerprint density at radius 2 is 1.40 bits per heavy atom. The Morgan fingerprint density at radius 3 is 2.07 bits per heavy atom. The lowest BCUT2D eigenvalue weighted by Gasteiger charge is -2.39. The molecule has 2 heterocycles. The maximum atomic E-state index is 12.8. The van der Waals surface area contributed by atoms with Crippen LogP contribution < -0.4 is 14.5 Å². The van der Waals surface area contributed by atoms with E-state index in [2.05, 4.69) is 20.8 Å². The number of phenolic OH excluding ortho intramolecular Hbond substituents is 1. The van der Waals surface area contributed by atoms with Crippen molar-refractivity contribution in [3.63, 3.8) is 0 Å². The maximum absolute atomic E-state index is 12.8. The van der Waals surface area contributed by atoms with E-state index in [0.717, 1.165) is 69.5 Å². The molecular weight excluding hydrogens is 380 g/mol. The third-order valence-corrected chi connectivity index (χ3v) is 6.01. The first-order valence-corrected chi connectivity index (χ1v) is 10.6. The normalized spacial score (nSPS) is 17.8. The summed E-state index contributed by atoms with van der Waals surface area (Å²) in [5.41, 5.74) is 1.96. The average molecular weight is 411 g/mol. The molecular formula is C23H30N4O3. The molecule has 2 fully saturated rings.